The molecule has 3 rings (SSSR count). The first kappa shape index (κ1) is 15.6. The highest BCUT2D eigenvalue weighted by molar-refractivity contribution is 9.10. The van der Waals surface area contributed by atoms with Crippen LogP contribution in [0.15, 0.2) is 28.7 Å². The quantitative estimate of drug-likeness (QED) is 0.757. The number of benzene rings is 1. The lowest BCUT2D eigenvalue weighted by molar-refractivity contribution is 0.0670. The first-order valence-corrected chi connectivity index (χ1v) is 9.36. The van der Waals surface area contributed by atoms with Gasteiger partial charge in [0.2, 0.25) is 0 Å². The van der Waals surface area contributed by atoms with Crippen LogP contribution in [0.25, 0.3) is 0 Å². The van der Waals surface area contributed by atoms with E-state index in [1.165, 1.54) is 48.7 Å². The van der Waals surface area contributed by atoms with Crippen molar-refractivity contribution in [3.63, 3.8) is 0 Å². The maximum Gasteiger partial charge on any atom is 0.0178 e. The average Bonchev–Trinajstić information content (AvgIpc) is 2.48. The lowest BCUT2D eigenvalue weighted by atomic mass is 9.58. The van der Waals surface area contributed by atoms with E-state index < -0.39 is 0 Å². The molecule has 1 unspecified atom stereocenters. The predicted molar refractivity (Wildman–Crippen MR) is 93.6 cm³/mol. The molecule has 0 aromatic heterocycles. The molecule has 0 radical (unpaired) electrons. The molecule has 1 aliphatic heterocycles. The van der Waals surface area contributed by atoms with Crippen LogP contribution in [0.3, 0.4) is 0 Å². The van der Waals surface area contributed by atoms with Crippen LogP contribution in [0, 0.1) is 17.3 Å². The van der Waals surface area contributed by atoms with E-state index in [0.717, 1.165) is 18.4 Å². The van der Waals surface area contributed by atoms with Gasteiger partial charge in [-0.2, -0.15) is 0 Å². The van der Waals surface area contributed by atoms with Crippen molar-refractivity contribution in [1.82, 2.24) is 5.32 Å². The smallest absolute Gasteiger partial charge is 0.0178 e. The van der Waals surface area contributed by atoms with Crippen LogP contribution in [0.5, 0.6) is 0 Å². The molecule has 1 aromatic rings. The summed E-state index contributed by atoms with van der Waals surface area (Å²) in [6.07, 6.45) is 7.07. The minimum absolute atomic E-state index is 0.553. The van der Waals surface area contributed by atoms with E-state index in [1.54, 1.807) is 0 Å². The summed E-state index contributed by atoms with van der Waals surface area (Å²) in [6.45, 7) is 7.16. The molecule has 1 saturated carbocycles. The molecule has 1 spiro atoms. The Balaban J connectivity index is 1.82. The minimum Gasteiger partial charge on any atom is -0.316 e. The molecular weight excluding hydrogens is 322 g/mol. The number of hydrogen-bond donors (Lipinski definition) is 1. The van der Waals surface area contributed by atoms with Gasteiger partial charge >= 0.3 is 0 Å². The zero-order valence-electron chi connectivity index (χ0n) is 13.4. The van der Waals surface area contributed by atoms with Gasteiger partial charge < -0.3 is 5.32 Å². The number of halogens is 1. The lowest BCUT2D eigenvalue weighted by Gasteiger charge is -2.49. The standard InChI is InChI=1S/C19H28BrN/c1-14(2)15-6-8-19(9-7-15)10-11-21-13-18(19)16-4-3-5-17(20)12-16/h3-5,12,14-15,18,21H,6-11,13H2,1-2H3. The number of hydrogen-bond acceptors (Lipinski definition) is 1. The van der Waals surface area contributed by atoms with Gasteiger partial charge in [-0.25, -0.2) is 0 Å². The summed E-state index contributed by atoms with van der Waals surface area (Å²) in [5.74, 6) is 2.50. The minimum atomic E-state index is 0.553. The Morgan fingerprint density at radius 3 is 2.62 bits per heavy atom. The van der Waals surface area contributed by atoms with E-state index in [1.807, 2.05) is 0 Å². The summed E-state index contributed by atoms with van der Waals surface area (Å²) in [6, 6.07) is 9.01. The van der Waals surface area contributed by atoms with E-state index in [2.05, 4.69) is 59.4 Å². The van der Waals surface area contributed by atoms with Gasteiger partial charge in [-0.1, -0.05) is 41.9 Å². The summed E-state index contributed by atoms with van der Waals surface area (Å²) >= 11 is 3.65. The van der Waals surface area contributed by atoms with Crippen LogP contribution in [0.1, 0.15) is 57.4 Å². The highest BCUT2D eigenvalue weighted by Crippen LogP contribution is 2.53. The predicted octanol–water partition coefficient (Wildman–Crippen LogP) is 5.36. The van der Waals surface area contributed by atoms with Crippen molar-refractivity contribution >= 4 is 15.9 Å². The third-order valence-electron chi connectivity index (χ3n) is 6.11. The molecule has 2 fully saturated rings. The van der Waals surface area contributed by atoms with E-state index >= 15 is 0 Å². The van der Waals surface area contributed by atoms with Crippen LogP contribution < -0.4 is 5.32 Å². The van der Waals surface area contributed by atoms with E-state index in [0.29, 0.717) is 11.3 Å². The van der Waals surface area contributed by atoms with Crippen molar-refractivity contribution in [2.45, 2.75) is 51.9 Å². The second-order valence-electron chi connectivity index (χ2n) is 7.51. The van der Waals surface area contributed by atoms with Crippen molar-refractivity contribution in [3.8, 4) is 0 Å². The van der Waals surface area contributed by atoms with Crippen molar-refractivity contribution in [2.75, 3.05) is 13.1 Å². The van der Waals surface area contributed by atoms with E-state index in [4.69, 9.17) is 0 Å². The molecule has 0 bridgehead atoms. The second-order valence-corrected chi connectivity index (χ2v) is 8.42. The molecular formula is C19H28BrN. The molecule has 2 aliphatic rings. The Bertz CT molecular complexity index is 474. The lowest BCUT2D eigenvalue weighted by Crippen LogP contribution is -2.45. The molecule has 1 heterocycles. The zero-order valence-corrected chi connectivity index (χ0v) is 15.0. The van der Waals surface area contributed by atoms with Crippen LogP contribution >= 0.6 is 15.9 Å². The topological polar surface area (TPSA) is 12.0 Å². The maximum atomic E-state index is 3.65. The number of nitrogens with one attached hydrogen (secondary N) is 1. The Kier molecular flexibility index (Phi) is 4.75. The van der Waals surface area contributed by atoms with Gasteiger partial charge in [0, 0.05) is 16.9 Å². The fourth-order valence-corrected chi connectivity index (χ4v) is 5.07. The van der Waals surface area contributed by atoms with Gasteiger partial charge in [0.05, 0.1) is 0 Å². The highest BCUT2D eigenvalue weighted by Gasteiger charge is 2.44. The van der Waals surface area contributed by atoms with Gasteiger partial charge in [0.15, 0.2) is 0 Å². The van der Waals surface area contributed by atoms with Crippen LogP contribution in [-0.4, -0.2) is 13.1 Å². The summed E-state index contributed by atoms with van der Waals surface area (Å²) in [5, 5.41) is 3.64. The molecule has 1 atom stereocenters. The molecule has 21 heavy (non-hydrogen) atoms. The normalized spacial score (nSPS) is 33.5. The SMILES string of the molecule is CC(C)C1CCC2(CCNCC2c2cccc(Br)c2)CC1. The molecule has 1 N–H and O–H groups in total. The number of rotatable bonds is 2. The van der Waals surface area contributed by atoms with Crippen LogP contribution in [-0.2, 0) is 0 Å². The molecule has 1 saturated heterocycles. The first-order valence-electron chi connectivity index (χ1n) is 8.57. The van der Waals surface area contributed by atoms with E-state index in [9.17, 15) is 0 Å². The Morgan fingerprint density at radius 1 is 1.19 bits per heavy atom. The highest BCUT2D eigenvalue weighted by atomic mass is 79.9. The van der Waals surface area contributed by atoms with Gasteiger partial charge in [0.1, 0.15) is 0 Å². The fourth-order valence-electron chi connectivity index (χ4n) is 4.65. The van der Waals surface area contributed by atoms with Crippen LogP contribution in [0.4, 0.5) is 0 Å². The van der Waals surface area contributed by atoms with Crippen LogP contribution in [0.2, 0.25) is 0 Å². The van der Waals surface area contributed by atoms with Crippen molar-refractivity contribution in [1.29, 1.82) is 0 Å². The van der Waals surface area contributed by atoms with E-state index in [-0.39, 0.29) is 0 Å². The monoisotopic (exact) mass is 349 g/mol. The molecule has 1 nitrogen and oxygen atoms in total. The van der Waals surface area contributed by atoms with Crippen molar-refractivity contribution in [3.05, 3.63) is 34.3 Å². The summed E-state index contributed by atoms with van der Waals surface area (Å²) in [7, 11) is 0. The molecule has 116 valence electrons. The maximum absolute atomic E-state index is 3.65. The molecule has 0 amide bonds. The summed E-state index contributed by atoms with van der Waals surface area (Å²) < 4.78 is 1.22. The van der Waals surface area contributed by atoms with Gasteiger partial charge in [0.25, 0.3) is 0 Å². The summed E-state index contributed by atoms with van der Waals surface area (Å²) in [5.41, 5.74) is 2.08. The van der Waals surface area contributed by atoms with Crippen molar-refractivity contribution < 1.29 is 0 Å². The Morgan fingerprint density at radius 2 is 1.95 bits per heavy atom. The van der Waals surface area contributed by atoms with Gasteiger partial charge in [-0.3, -0.25) is 0 Å². The molecule has 2 heteroatoms. The summed E-state index contributed by atoms with van der Waals surface area (Å²) in [4.78, 5) is 0. The van der Waals surface area contributed by atoms with Gasteiger partial charge in [-0.05, 0) is 73.6 Å². The largest absolute Gasteiger partial charge is 0.316 e. The Hall–Kier alpha value is -0.340. The fraction of sp³-hybridized carbons (Fsp3) is 0.684. The van der Waals surface area contributed by atoms with Gasteiger partial charge in [-0.15, -0.1) is 0 Å². The first-order chi connectivity index (χ1) is 10.1. The average molecular weight is 350 g/mol. The number of piperidine rings is 1. The molecule has 1 aliphatic carbocycles. The zero-order chi connectivity index (χ0) is 14.9. The second kappa shape index (κ2) is 6.42. The third kappa shape index (κ3) is 3.22. The van der Waals surface area contributed by atoms with Crippen molar-refractivity contribution in [2.24, 2.45) is 17.3 Å². The third-order valence-corrected chi connectivity index (χ3v) is 6.60. The Labute approximate surface area is 138 Å². The molecule has 1 aromatic carbocycles.